The second-order valence-corrected chi connectivity index (χ2v) is 6.30. The van der Waals surface area contributed by atoms with E-state index in [-0.39, 0.29) is 16.1 Å². The van der Waals surface area contributed by atoms with Gasteiger partial charge in [0.15, 0.2) is 5.60 Å². The number of nitro benzene ring substituents is 1. The highest BCUT2D eigenvalue weighted by molar-refractivity contribution is 7.89. The molecule has 1 aromatic carbocycles. The zero-order valence-electron chi connectivity index (χ0n) is 11.2. The lowest BCUT2D eigenvalue weighted by Crippen LogP contribution is -2.46. The van der Waals surface area contributed by atoms with Gasteiger partial charge in [-0.2, -0.15) is 0 Å². The molecule has 21 heavy (non-hydrogen) atoms. The lowest BCUT2D eigenvalue weighted by atomic mass is 10.1. The summed E-state index contributed by atoms with van der Waals surface area (Å²) in [5.74, 6) is -1.60. The Hall–Kier alpha value is -2.04. The topological polar surface area (TPSA) is 147 Å². The molecule has 0 fully saturated rings. The standard InChI is InChI=1S/C11H14N2O7S/c1-7-8(13(17)18)4-3-5-9(7)21(19,20)12-6-11(2,16)10(14)15/h3-5,12,16H,6H2,1-2H3,(H,14,15). The Morgan fingerprint density at radius 1 is 1.48 bits per heavy atom. The average molecular weight is 318 g/mol. The molecule has 0 bridgehead atoms. The number of hydrogen-bond acceptors (Lipinski definition) is 6. The summed E-state index contributed by atoms with van der Waals surface area (Å²) in [4.78, 5) is 20.4. The van der Waals surface area contributed by atoms with E-state index in [1.54, 1.807) is 0 Å². The lowest BCUT2D eigenvalue weighted by Gasteiger charge is -2.18. The van der Waals surface area contributed by atoms with E-state index in [0.29, 0.717) is 0 Å². The average Bonchev–Trinajstić information content (AvgIpc) is 2.36. The Bertz CT molecular complexity index is 682. The molecule has 0 aliphatic heterocycles. The van der Waals surface area contributed by atoms with Crippen LogP contribution in [0.15, 0.2) is 23.1 Å². The molecule has 0 heterocycles. The summed E-state index contributed by atoms with van der Waals surface area (Å²) in [6.07, 6.45) is 0. The van der Waals surface area contributed by atoms with E-state index in [4.69, 9.17) is 5.11 Å². The highest BCUT2D eigenvalue weighted by Crippen LogP contribution is 2.24. The van der Waals surface area contributed by atoms with Gasteiger partial charge in [-0.15, -0.1) is 0 Å². The van der Waals surface area contributed by atoms with E-state index in [1.807, 2.05) is 4.72 Å². The molecular weight excluding hydrogens is 304 g/mol. The maximum absolute atomic E-state index is 12.1. The van der Waals surface area contributed by atoms with Crippen LogP contribution in [0.25, 0.3) is 0 Å². The summed E-state index contributed by atoms with van der Waals surface area (Å²) in [5.41, 5.74) is -2.74. The van der Waals surface area contributed by atoms with Crippen LogP contribution in [0, 0.1) is 17.0 Å². The summed E-state index contributed by atoms with van der Waals surface area (Å²) in [6, 6.07) is 3.51. The van der Waals surface area contributed by atoms with Crippen LogP contribution in [0.4, 0.5) is 5.69 Å². The normalized spacial score (nSPS) is 14.4. The van der Waals surface area contributed by atoms with Gasteiger partial charge in [0.25, 0.3) is 5.69 Å². The SMILES string of the molecule is Cc1c([N+](=O)[O-])cccc1S(=O)(=O)NCC(C)(O)C(=O)O. The van der Waals surface area contributed by atoms with Crippen molar-refractivity contribution in [1.29, 1.82) is 0 Å². The minimum atomic E-state index is -4.19. The molecule has 0 saturated carbocycles. The summed E-state index contributed by atoms with van der Waals surface area (Å²) in [6.45, 7) is 1.42. The number of nitro groups is 1. The molecule has 0 aromatic heterocycles. The Morgan fingerprint density at radius 2 is 2.05 bits per heavy atom. The number of nitrogens with one attached hydrogen (secondary N) is 1. The fourth-order valence-corrected chi connectivity index (χ4v) is 2.87. The van der Waals surface area contributed by atoms with E-state index in [1.165, 1.54) is 13.0 Å². The van der Waals surface area contributed by atoms with Gasteiger partial charge in [0, 0.05) is 11.6 Å². The second-order valence-electron chi connectivity index (χ2n) is 4.56. The molecule has 1 atom stereocenters. The van der Waals surface area contributed by atoms with Gasteiger partial charge in [-0.05, 0) is 19.9 Å². The van der Waals surface area contributed by atoms with Gasteiger partial charge in [-0.3, -0.25) is 10.1 Å². The summed E-state index contributed by atoms with van der Waals surface area (Å²) in [7, 11) is -4.19. The van der Waals surface area contributed by atoms with E-state index in [9.17, 15) is 28.4 Å². The fraction of sp³-hybridized carbons (Fsp3) is 0.364. The third-order valence-corrected chi connectivity index (χ3v) is 4.35. The largest absolute Gasteiger partial charge is 0.479 e. The van der Waals surface area contributed by atoms with E-state index < -0.39 is 33.1 Å². The maximum atomic E-state index is 12.1. The van der Waals surface area contributed by atoms with Crippen molar-refractivity contribution in [2.24, 2.45) is 0 Å². The zero-order chi connectivity index (χ0) is 16.4. The third-order valence-electron chi connectivity index (χ3n) is 2.81. The van der Waals surface area contributed by atoms with Crippen molar-refractivity contribution < 1.29 is 28.3 Å². The van der Waals surface area contributed by atoms with Crippen molar-refractivity contribution in [1.82, 2.24) is 4.72 Å². The summed E-state index contributed by atoms with van der Waals surface area (Å²) < 4.78 is 26.0. The van der Waals surface area contributed by atoms with Crippen LogP contribution in [-0.2, 0) is 14.8 Å². The van der Waals surface area contributed by atoms with Gasteiger partial charge in [-0.1, -0.05) is 6.07 Å². The van der Waals surface area contributed by atoms with Crippen molar-refractivity contribution in [3.63, 3.8) is 0 Å². The Kier molecular flexibility index (Phi) is 4.66. The number of carboxylic acid groups (broad SMARTS) is 1. The number of carboxylic acids is 1. The molecule has 0 radical (unpaired) electrons. The number of benzene rings is 1. The van der Waals surface area contributed by atoms with E-state index in [0.717, 1.165) is 19.1 Å². The Morgan fingerprint density at radius 3 is 2.52 bits per heavy atom. The third kappa shape index (κ3) is 3.74. The van der Waals surface area contributed by atoms with Crippen molar-refractivity contribution in [3.05, 3.63) is 33.9 Å². The number of nitrogens with zero attached hydrogens (tertiary/aromatic N) is 1. The highest BCUT2D eigenvalue weighted by Gasteiger charge is 2.32. The second kappa shape index (κ2) is 5.76. The minimum Gasteiger partial charge on any atom is -0.479 e. The fourth-order valence-electron chi connectivity index (χ4n) is 1.48. The molecule has 0 spiro atoms. The number of hydrogen-bond donors (Lipinski definition) is 3. The van der Waals surface area contributed by atoms with Crippen LogP contribution < -0.4 is 4.72 Å². The molecule has 0 amide bonds. The van der Waals surface area contributed by atoms with Gasteiger partial charge in [0.2, 0.25) is 10.0 Å². The number of rotatable bonds is 6. The van der Waals surface area contributed by atoms with Gasteiger partial charge < -0.3 is 10.2 Å². The molecule has 1 unspecified atom stereocenters. The predicted octanol–water partition coefficient (Wildman–Crippen LogP) is 0.0171. The van der Waals surface area contributed by atoms with Crippen LogP contribution in [0.1, 0.15) is 12.5 Å². The molecule has 0 saturated heterocycles. The van der Waals surface area contributed by atoms with Crippen molar-refractivity contribution in [2.75, 3.05) is 6.54 Å². The summed E-state index contributed by atoms with van der Waals surface area (Å²) in [5, 5.41) is 29.0. The maximum Gasteiger partial charge on any atom is 0.336 e. The van der Waals surface area contributed by atoms with Crippen LogP contribution >= 0.6 is 0 Å². The van der Waals surface area contributed by atoms with E-state index >= 15 is 0 Å². The van der Waals surface area contributed by atoms with E-state index in [2.05, 4.69) is 0 Å². The first-order valence-corrected chi connectivity index (χ1v) is 7.17. The highest BCUT2D eigenvalue weighted by atomic mass is 32.2. The van der Waals surface area contributed by atoms with Crippen molar-refractivity contribution in [3.8, 4) is 0 Å². The van der Waals surface area contributed by atoms with Crippen LogP contribution in [0.3, 0.4) is 0 Å². The number of aliphatic carboxylic acids is 1. The molecule has 0 aliphatic rings. The lowest BCUT2D eigenvalue weighted by molar-refractivity contribution is -0.385. The smallest absolute Gasteiger partial charge is 0.336 e. The van der Waals surface area contributed by atoms with Gasteiger partial charge in [0.1, 0.15) is 0 Å². The Labute approximate surface area is 120 Å². The first-order chi connectivity index (χ1) is 9.49. The molecular formula is C11H14N2O7S. The predicted molar refractivity (Wildman–Crippen MR) is 71.3 cm³/mol. The molecule has 116 valence electrons. The van der Waals surface area contributed by atoms with Crippen molar-refractivity contribution in [2.45, 2.75) is 24.3 Å². The zero-order valence-corrected chi connectivity index (χ0v) is 12.0. The molecule has 9 nitrogen and oxygen atoms in total. The molecule has 10 heteroatoms. The first-order valence-electron chi connectivity index (χ1n) is 5.68. The number of carbonyl (C=O) groups is 1. The number of sulfonamides is 1. The Balaban J connectivity index is 3.13. The summed E-state index contributed by atoms with van der Waals surface area (Å²) >= 11 is 0. The van der Waals surface area contributed by atoms with Crippen LogP contribution in [0.5, 0.6) is 0 Å². The van der Waals surface area contributed by atoms with Crippen molar-refractivity contribution >= 4 is 21.7 Å². The van der Waals surface area contributed by atoms with Crippen LogP contribution in [0.2, 0.25) is 0 Å². The first kappa shape index (κ1) is 17.0. The minimum absolute atomic E-state index is 0.0787. The molecule has 1 aromatic rings. The molecule has 0 aliphatic carbocycles. The van der Waals surface area contributed by atoms with Gasteiger partial charge in [0.05, 0.1) is 16.4 Å². The monoisotopic (exact) mass is 318 g/mol. The molecule has 3 N–H and O–H groups in total. The quantitative estimate of drug-likeness (QED) is 0.494. The number of aliphatic hydroxyl groups is 1. The molecule has 1 rings (SSSR count). The van der Waals surface area contributed by atoms with Gasteiger partial charge in [-0.25, -0.2) is 17.9 Å². The van der Waals surface area contributed by atoms with Gasteiger partial charge >= 0.3 is 5.97 Å². The van der Waals surface area contributed by atoms with Crippen LogP contribution in [-0.4, -0.2) is 41.7 Å².